The summed E-state index contributed by atoms with van der Waals surface area (Å²) in [6.07, 6.45) is 0. The maximum Gasteiger partial charge on any atom is 0.264 e. The van der Waals surface area contributed by atoms with Crippen molar-refractivity contribution in [2.24, 2.45) is 0 Å². The number of nitrogens with one attached hydrogen (secondary N) is 2. The van der Waals surface area contributed by atoms with Gasteiger partial charge in [-0.05, 0) is 24.6 Å². The molecule has 0 radical (unpaired) electrons. The average Bonchev–Trinajstić information content (AvgIpc) is 3.26. The Morgan fingerprint density at radius 3 is 2.19 bits per heavy atom. The Labute approximate surface area is 191 Å². The Kier molecular flexibility index (Phi) is 6.42. The van der Waals surface area contributed by atoms with Crippen LogP contribution in [-0.4, -0.2) is 16.8 Å². The van der Waals surface area contributed by atoms with Gasteiger partial charge in [0.05, 0.1) is 11.7 Å². The zero-order chi connectivity index (χ0) is 22.5. The van der Waals surface area contributed by atoms with Crippen molar-refractivity contribution in [1.82, 2.24) is 10.3 Å². The molecule has 0 bridgehead atoms. The standard InChI is InChI=1S/C26H23N3O2S/c1-17(21-14-9-15-22(16-21)28-18(2)30)27-25(31)24-23(19-10-5-3-6-11-19)29-26(32-24)20-12-7-4-8-13-20/h3-17H,1-2H3,(H,27,31)(H,28,30). The zero-order valence-corrected chi connectivity index (χ0v) is 18.6. The zero-order valence-electron chi connectivity index (χ0n) is 17.8. The smallest absolute Gasteiger partial charge is 0.264 e. The fraction of sp³-hybridized carbons (Fsp3) is 0.115. The molecule has 0 saturated heterocycles. The Morgan fingerprint density at radius 2 is 1.53 bits per heavy atom. The lowest BCUT2D eigenvalue weighted by Crippen LogP contribution is -2.26. The summed E-state index contributed by atoms with van der Waals surface area (Å²) < 4.78 is 0. The van der Waals surface area contributed by atoms with E-state index in [0.29, 0.717) is 16.3 Å². The molecule has 4 rings (SSSR count). The fourth-order valence-corrected chi connectivity index (χ4v) is 4.40. The maximum absolute atomic E-state index is 13.3. The van der Waals surface area contributed by atoms with Crippen LogP contribution in [0, 0.1) is 0 Å². The average molecular weight is 442 g/mol. The highest BCUT2D eigenvalue weighted by molar-refractivity contribution is 7.17. The second kappa shape index (κ2) is 9.58. The van der Waals surface area contributed by atoms with Gasteiger partial charge in [-0.2, -0.15) is 0 Å². The minimum Gasteiger partial charge on any atom is -0.345 e. The van der Waals surface area contributed by atoms with Crippen LogP contribution in [0.1, 0.15) is 35.1 Å². The van der Waals surface area contributed by atoms with E-state index in [-0.39, 0.29) is 17.9 Å². The summed E-state index contributed by atoms with van der Waals surface area (Å²) >= 11 is 1.38. The molecule has 6 heteroatoms. The second-order valence-corrected chi connectivity index (χ2v) is 8.43. The van der Waals surface area contributed by atoms with Crippen LogP contribution in [0.3, 0.4) is 0 Å². The summed E-state index contributed by atoms with van der Waals surface area (Å²) in [6, 6.07) is 26.8. The lowest BCUT2D eigenvalue weighted by atomic mass is 10.1. The van der Waals surface area contributed by atoms with Gasteiger partial charge in [-0.15, -0.1) is 11.3 Å². The van der Waals surface area contributed by atoms with Gasteiger partial charge in [0.25, 0.3) is 5.91 Å². The number of anilines is 1. The number of rotatable bonds is 6. The van der Waals surface area contributed by atoms with Crippen molar-refractivity contribution in [3.8, 4) is 21.8 Å². The first kappa shape index (κ1) is 21.5. The van der Waals surface area contributed by atoms with Gasteiger partial charge in [0.15, 0.2) is 0 Å². The van der Waals surface area contributed by atoms with E-state index in [1.807, 2.05) is 91.9 Å². The Balaban J connectivity index is 1.64. The number of hydrogen-bond donors (Lipinski definition) is 2. The van der Waals surface area contributed by atoms with E-state index in [0.717, 1.165) is 21.7 Å². The summed E-state index contributed by atoms with van der Waals surface area (Å²) in [5.41, 5.74) is 4.15. The molecule has 0 aliphatic heterocycles. The molecule has 0 saturated carbocycles. The third-order valence-electron chi connectivity index (χ3n) is 4.96. The molecule has 3 aromatic carbocycles. The highest BCUT2D eigenvalue weighted by Crippen LogP contribution is 2.34. The molecule has 1 unspecified atom stereocenters. The molecule has 0 aliphatic rings. The molecule has 2 amide bonds. The van der Waals surface area contributed by atoms with Crippen LogP contribution in [0.5, 0.6) is 0 Å². The molecule has 1 heterocycles. The van der Waals surface area contributed by atoms with Crippen LogP contribution in [0.2, 0.25) is 0 Å². The Bertz CT molecular complexity index is 1240. The number of nitrogens with zero attached hydrogens (tertiary/aromatic N) is 1. The van der Waals surface area contributed by atoms with E-state index in [1.54, 1.807) is 0 Å². The SMILES string of the molecule is CC(=O)Nc1cccc(C(C)NC(=O)c2sc(-c3ccccc3)nc2-c2ccccc2)c1. The van der Waals surface area contributed by atoms with E-state index >= 15 is 0 Å². The number of benzene rings is 3. The van der Waals surface area contributed by atoms with Crippen molar-refractivity contribution in [3.05, 3.63) is 95.4 Å². The van der Waals surface area contributed by atoms with E-state index in [9.17, 15) is 9.59 Å². The van der Waals surface area contributed by atoms with Gasteiger partial charge >= 0.3 is 0 Å². The van der Waals surface area contributed by atoms with Crippen LogP contribution in [0.25, 0.3) is 21.8 Å². The van der Waals surface area contributed by atoms with Crippen LogP contribution in [0.15, 0.2) is 84.9 Å². The lowest BCUT2D eigenvalue weighted by Gasteiger charge is -2.15. The van der Waals surface area contributed by atoms with Crippen molar-refractivity contribution >= 4 is 28.8 Å². The molecular formula is C26H23N3O2S. The van der Waals surface area contributed by atoms with Crippen LogP contribution >= 0.6 is 11.3 Å². The molecule has 0 aliphatic carbocycles. The Morgan fingerprint density at radius 1 is 0.875 bits per heavy atom. The molecule has 160 valence electrons. The lowest BCUT2D eigenvalue weighted by molar-refractivity contribution is -0.114. The van der Waals surface area contributed by atoms with E-state index in [4.69, 9.17) is 4.98 Å². The highest BCUT2D eigenvalue weighted by Gasteiger charge is 2.22. The first-order valence-electron chi connectivity index (χ1n) is 10.3. The van der Waals surface area contributed by atoms with Gasteiger partial charge in [0, 0.05) is 23.7 Å². The van der Waals surface area contributed by atoms with Gasteiger partial charge in [-0.25, -0.2) is 4.98 Å². The summed E-state index contributed by atoms with van der Waals surface area (Å²) in [7, 11) is 0. The molecule has 0 spiro atoms. The van der Waals surface area contributed by atoms with Gasteiger partial charge in [-0.1, -0.05) is 72.8 Å². The molecule has 1 atom stereocenters. The first-order chi connectivity index (χ1) is 15.5. The van der Waals surface area contributed by atoms with Crippen LogP contribution in [-0.2, 0) is 4.79 Å². The predicted molar refractivity (Wildman–Crippen MR) is 130 cm³/mol. The van der Waals surface area contributed by atoms with Crippen molar-refractivity contribution in [2.75, 3.05) is 5.32 Å². The van der Waals surface area contributed by atoms with Crippen molar-refractivity contribution in [1.29, 1.82) is 0 Å². The summed E-state index contributed by atoms with van der Waals surface area (Å²) in [6.45, 7) is 3.39. The van der Waals surface area contributed by atoms with Gasteiger partial charge < -0.3 is 10.6 Å². The number of carbonyl (C=O) groups excluding carboxylic acids is 2. The number of thiazole rings is 1. The minimum absolute atomic E-state index is 0.135. The summed E-state index contributed by atoms with van der Waals surface area (Å²) in [5.74, 6) is -0.314. The highest BCUT2D eigenvalue weighted by atomic mass is 32.1. The molecule has 2 N–H and O–H groups in total. The van der Waals surface area contributed by atoms with Gasteiger partial charge in [0.2, 0.25) is 5.91 Å². The fourth-order valence-electron chi connectivity index (χ4n) is 3.40. The number of amides is 2. The third-order valence-corrected chi connectivity index (χ3v) is 6.06. The number of aromatic nitrogens is 1. The molecule has 4 aromatic rings. The maximum atomic E-state index is 13.3. The monoisotopic (exact) mass is 441 g/mol. The molecule has 5 nitrogen and oxygen atoms in total. The first-order valence-corrected chi connectivity index (χ1v) is 11.1. The van der Waals surface area contributed by atoms with Crippen LogP contribution < -0.4 is 10.6 Å². The predicted octanol–water partition coefficient (Wildman–Crippen LogP) is 5.93. The number of hydrogen-bond acceptors (Lipinski definition) is 4. The third kappa shape index (κ3) is 4.92. The topological polar surface area (TPSA) is 71.1 Å². The number of carbonyl (C=O) groups is 2. The quantitative estimate of drug-likeness (QED) is 0.390. The summed E-state index contributed by atoms with van der Waals surface area (Å²) in [5, 5.41) is 6.67. The Hall–Kier alpha value is -3.77. The molecular weight excluding hydrogens is 418 g/mol. The van der Waals surface area contributed by atoms with Crippen molar-refractivity contribution < 1.29 is 9.59 Å². The van der Waals surface area contributed by atoms with E-state index < -0.39 is 0 Å². The van der Waals surface area contributed by atoms with Gasteiger partial charge in [-0.3, -0.25) is 9.59 Å². The van der Waals surface area contributed by atoms with Crippen molar-refractivity contribution in [3.63, 3.8) is 0 Å². The molecule has 0 fully saturated rings. The second-order valence-electron chi connectivity index (χ2n) is 7.43. The molecule has 1 aromatic heterocycles. The van der Waals surface area contributed by atoms with E-state index in [1.165, 1.54) is 18.3 Å². The van der Waals surface area contributed by atoms with Crippen LogP contribution in [0.4, 0.5) is 5.69 Å². The molecule has 32 heavy (non-hydrogen) atoms. The minimum atomic E-state index is -0.248. The van der Waals surface area contributed by atoms with E-state index in [2.05, 4.69) is 10.6 Å². The normalized spacial score (nSPS) is 11.6. The summed E-state index contributed by atoms with van der Waals surface area (Å²) in [4.78, 5) is 30.1. The van der Waals surface area contributed by atoms with Gasteiger partial charge in [0.1, 0.15) is 9.88 Å². The van der Waals surface area contributed by atoms with Crippen molar-refractivity contribution in [2.45, 2.75) is 19.9 Å². The largest absolute Gasteiger partial charge is 0.345 e.